The molecule has 0 fully saturated rings. The highest BCUT2D eigenvalue weighted by Gasteiger charge is 2.34. The molecule has 1 atom stereocenters. The van der Waals surface area contributed by atoms with Crippen LogP contribution in [0.15, 0.2) is 61.2 Å². The Morgan fingerprint density at radius 2 is 1.61 bits per heavy atom. The first-order valence-electron chi connectivity index (χ1n) is 7.45. The lowest BCUT2D eigenvalue weighted by molar-refractivity contribution is -0.141. The zero-order valence-electron chi connectivity index (χ0n) is 12.5. The fourth-order valence-electron chi connectivity index (χ4n) is 3.08. The first kappa shape index (κ1) is 15.0. The summed E-state index contributed by atoms with van der Waals surface area (Å²) in [5, 5.41) is 11.9. The van der Waals surface area contributed by atoms with Gasteiger partial charge in [0.05, 0.1) is 5.92 Å². The number of benzene rings is 2. The third kappa shape index (κ3) is 2.63. The maximum absolute atomic E-state index is 12.8. The van der Waals surface area contributed by atoms with Crippen molar-refractivity contribution in [2.45, 2.75) is 18.4 Å². The van der Waals surface area contributed by atoms with Gasteiger partial charge in [-0.15, -0.1) is 6.58 Å². The van der Waals surface area contributed by atoms with Gasteiger partial charge < -0.3 is 10.4 Å². The minimum Gasteiger partial charge on any atom is -0.480 e. The summed E-state index contributed by atoms with van der Waals surface area (Å²) in [6, 6.07) is 14.5. The molecule has 0 saturated carbocycles. The van der Waals surface area contributed by atoms with Crippen LogP contribution in [0.2, 0.25) is 0 Å². The largest absolute Gasteiger partial charge is 0.480 e. The second kappa shape index (κ2) is 6.08. The Labute approximate surface area is 134 Å². The molecular formula is C19H17NO3. The smallest absolute Gasteiger partial charge is 0.326 e. The van der Waals surface area contributed by atoms with Crippen LogP contribution < -0.4 is 5.32 Å². The van der Waals surface area contributed by atoms with Gasteiger partial charge in [0.1, 0.15) is 6.04 Å². The Hall–Kier alpha value is -2.88. The van der Waals surface area contributed by atoms with Crippen molar-refractivity contribution in [1.82, 2.24) is 5.32 Å². The first-order valence-corrected chi connectivity index (χ1v) is 7.45. The number of nitrogens with one attached hydrogen (secondary N) is 1. The SMILES string of the molecule is C=CC[C@H](NC(=O)C1c2ccccc2-c2ccccc21)C(=O)O. The molecule has 0 aromatic heterocycles. The van der Waals surface area contributed by atoms with Crippen molar-refractivity contribution in [2.75, 3.05) is 0 Å². The molecule has 4 heteroatoms. The van der Waals surface area contributed by atoms with Gasteiger partial charge in [0, 0.05) is 0 Å². The van der Waals surface area contributed by atoms with E-state index < -0.39 is 17.9 Å². The van der Waals surface area contributed by atoms with Gasteiger partial charge in [-0.1, -0.05) is 54.6 Å². The van der Waals surface area contributed by atoms with Gasteiger partial charge in [-0.3, -0.25) is 4.79 Å². The van der Waals surface area contributed by atoms with Crippen LogP contribution in [0, 0.1) is 0 Å². The standard InChI is InChI=1S/C19H17NO3/c1-2-7-16(19(22)23)20-18(21)17-14-10-5-3-8-12(14)13-9-4-6-11-15(13)17/h2-6,8-11,16-17H,1,7H2,(H,20,21)(H,22,23)/t16-/m0/s1. The molecular weight excluding hydrogens is 290 g/mol. The second-order valence-electron chi connectivity index (χ2n) is 5.53. The van der Waals surface area contributed by atoms with Crippen molar-refractivity contribution >= 4 is 11.9 Å². The fraction of sp³-hybridized carbons (Fsp3) is 0.158. The molecule has 1 aliphatic carbocycles. The van der Waals surface area contributed by atoms with Crippen LogP contribution in [-0.2, 0) is 9.59 Å². The van der Waals surface area contributed by atoms with Crippen molar-refractivity contribution in [3.05, 3.63) is 72.3 Å². The van der Waals surface area contributed by atoms with Gasteiger partial charge in [-0.05, 0) is 28.7 Å². The second-order valence-corrected chi connectivity index (χ2v) is 5.53. The van der Waals surface area contributed by atoms with Gasteiger partial charge in [0.25, 0.3) is 0 Å². The summed E-state index contributed by atoms with van der Waals surface area (Å²) in [5.41, 5.74) is 3.88. The van der Waals surface area contributed by atoms with Crippen LogP contribution in [0.3, 0.4) is 0 Å². The van der Waals surface area contributed by atoms with E-state index in [0.717, 1.165) is 22.3 Å². The zero-order chi connectivity index (χ0) is 16.4. The summed E-state index contributed by atoms with van der Waals surface area (Å²) in [6.07, 6.45) is 1.69. The van der Waals surface area contributed by atoms with E-state index in [2.05, 4.69) is 11.9 Å². The van der Waals surface area contributed by atoms with E-state index in [1.807, 2.05) is 48.5 Å². The molecule has 0 unspecified atom stereocenters. The van der Waals surface area contributed by atoms with Gasteiger partial charge in [0.2, 0.25) is 5.91 Å². The average Bonchev–Trinajstić information content (AvgIpc) is 2.89. The lowest BCUT2D eigenvalue weighted by Crippen LogP contribution is -2.42. The van der Waals surface area contributed by atoms with Crippen molar-refractivity contribution in [3.63, 3.8) is 0 Å². The van der Waals surface area contributed by atoms with Gasteiger partial charge >= 0.3 is 5.97 Å². The predicted molar refractivity (Wildman–Crippen MR) is 88.1 cm³/mol. The summed E-state index contributed by atoms with van der Waals surface area (Å²) in [4.78, 5) is 24.0. The van der Waals surface area contributed by atoms with E-state index >= 15 is 0 Å². The first-order chi connectivity index (χ1) is 11.1. The Morgan fingerprint density at radius 3 is 2.09 bits per heavy atom. The van der Waals surface area contributed by atoms with E-state index in [9.17, 15) is 14.7 Å². The number of aliphatic carboxylic acids is 1. The summed E-state index contributed by atoms with van der Waals surface area (Å²) in [7, 11) is 0. The minimum absolute atomic E-state index is 0.192. The monoisotopic (exact) mass is 307 g/mol. The quantitative estimate of drug-likeness (QED) is 0.835. The highest BCUT2D eigenvalue weighted by molar-refractivity contribution is 5.97. The summed E-state index contributed by atoms with van der Waals surface area (Å²) >= 11 is 0. The Bertz CT molecular complexity index is 736. The Morgan fingerprint density at radius 1 is 1.09 bits per heavy atom. The molecule has 0 heterocycles. The highest BCUT2D eigenvalue weighted by atomic mass is 16.4. The van der Waals surface area contributed by atoms with Crippen LogP contribution in [0.4, 0.5) is 0 Å². The molecule has 2 aromatic carbocycles. The predicted octanol–water partition coefficient (Wildman–Crippen LogP) is 2.94. The molecule has 1 amide bonds. The lowest BCUT2D eigenvalue weighted by Gasteiger charge is -2.18. The minimum atomic E-state index is -1.06. The molecule has 3 rings (SSSR count). The maximum atomic E-state index is 12.8. The summed E-state index contributed by atoms with van der Waals surface area (Å²) in [5.74, 6) is -1.83. The van der Waals surface area contributed by atoms with E-state index in [4.69, 9.17) is 0 Å². The van der Waals surface area contributed by atoms with E-state index in [1.165, 1.54) is 6.08 Å². The number of carboxylic acid groups (broad SMARTS) is 1. The summed E-state index contributed by atoms with van der Waals surface area (Å²) < 4.78 is 0. The number of carbonyl (C=O) groups is 2. The van der Waals surface area contributed by atoms with Crippen LogP contribution in [0.1, 0.15) is 23.5 Å². The molecule has 0 aliphatic heterocycles. The molecule has 2 N–H and O–H groups in total. The van der Waals surface area contributed by atoms with Gasteiger partial charge in [-0.25, -0.2) is 4.79 Å². The molecule has 4 nitrogen and oxygen atoms in total. The summed E-state index contributed by atoms with van der Waals surface area (Å²) in [6.45, 7) is 3.54. The number of carboxylic acids is 1. The maximum Gasteiger partial charge on any atom is 0.326 e. The molecule has 116 valence electrons. The van der Waals surface area contributed by atoms with E-state index in [-0.39, 0.29) is 12.3 Å². The van der Waals surface area contributed by atoms with Crippen molar-refractivity contribution in [2.24, 2.45) is 0 Å². The zero-order valence-corrected chi connectivity index (χ0v) is 12.5. The normalized spacial score (nSPS) is 13.7. The number of carbonyl (C=O) groups excluding carboxylic acids is 1. The third-order valence-electron chi connectivity index (χ3n) is 4.11. The molecule has 2 aromatic rings. The number of hydrogen-bond acceptors (Lipinski definition) is 2. The molecule has 0 radical (unpaired) electrons. The molecule has 0 spiro atoms. The van der Waals surface area contributed by atoms with Crippen LogP contribution in [0.5, 0.6) is 0 Å². The highest BCUT2D eigenvalue weighted by Crippen LogP contribution is 2.44. The topological polar surface area (TPSA) is 66.4 Å². The number of rotatable bonds is 5. The van der Waals surface area contributed by atoms with Gasteiger partial charge in [0.15, 0.2) is 0 Å². The molecule has 0 bridgehead atoms. The number of fused-ring (bicyclic) bond motifs is 3. The lowest BCUT2D eigenvalue weighted by atomic mass is 9.95. The van der Waals surface area contributed by atoms with Crippen LogP contribution in [-0.4, -0.2) is 23.0 Å². The van der Waals surface area contributed by atoms with E-state index in [1.54, 1.807) is 0 Å². The van der Waals surface area contributed by atoms with Crippen molar-refractivity contribution in [1.29, 1.82) is 0 Å². The number of hydrogen-bond donors (Lipinski definition) is 2. The van der Waals surface area contributed by atoms with Crippen molar-refractivity contribution < 1.29 is 14.7 Å². The Balaban J connectivity index is 1.97. The van der Waals surface area contributed by atoms with Gasteiger partial charge in [-0.2, -0.15) is 0 Å². The molecule has 23 heavy (non-hydrogen) atoms. The Kier molecular flexibility index (Phi) is 3.98. The van der Waals surface area contributed by atoms with Crippen LogP contribution in [0.25, 0.3) is 11.1 Å². The fourth-order valence-corrected chi connectivity index (χ4v) is 3.08. The molecule has 1 aliphatic rings. The number of amides is 1. The average molecular weight is 307 g/mol. The van der Waals surface area contributed by atoms with E-state index in [0.29, 0.717) is 0 Å². The van der Waals surface area contributed by atoms with Crippen LogP contribution >= 0.6 is 0 Å². The van der Waals surface area contributed by atoms with Crippen molar-refractivity contribution in [3.8, 4) is 11.1 Å². The molecule has 0 saturated heterocycles. The third-order valence-corrected chi connectivity index (χ3v) is 4.11.